The fraction of sp³-hybridized carbons (Fsp3) is 0.364. The molecule has 0 fully saturated rings. The van der Waals surface area contributed by atoms with E-state index in [-0.39, 0.29) is 6.61 Å². The number of ether oxygens (including phenoxy) is 2. The van der Waals surface area contributed by atoms with Crippen molar-refractivity contribution in [2.45, 2.75) is 13.1 Å². The van der Waals surface area contributed by atoms with E-state index in [2.05, 4.69) is 9.47 Å². The van der Waals surface area contributed by atoms with E-state index < -0.39 is 34.8 Å². The van der Waals surface area contributed by atoms with Gasteiger partial charge in [-0.05, 0) is 19.1 Å². The maximum absolute atomic E-state index is 13.7. The first-order chi connectivity index (χ1) is 8.32. The van der Waals surface area contributed by atoms with Crippen LogP contribution in [0.2, 0.25) is 0 Å². The SMILES string of the molecule is CCOC(=O)c1c(C(F)(F)F)ccc(OC)c1F. The molecule has 1 aromatic carbocycles. The Morgan fingerprint density at radius 2 is 1.94 bits per heavy atom. The normalized spacial score (nSPS) is 11.2. The van der Waals surface area contributed by atoms with Gasteiger partial charge in [0.1, 0.15) is 5.56 Å². The van der Waals surface area contributed by atoms with Crippen molar-refractivity contribution in [2.24, 2.45) is 0 Å². The Morgan fingerprint density at radius 3 is 2.39 bits per heavy atom. The summed E-state index contributed by atoms with van der Waals surface area (Å²) in [5.74, 6) is -3.21. The number of benzene rings is 1. The highest BCUT2D eigenvalue weighted by atomic mass is 19.4. The third-order valence-electron chi connectivity index (χ3n) is 2.11. The Bertz CT molecular complexity index is 454. The lowest BCUT2D eigenvalue weighted by Gasteiger charge is -2.14. The maximum atomic E-state index is 13.7. The van der Waals surface area contributed by atoms with Gasteiger partial charge in [0.2, 0.25) is 0 Å². The second-order valence-electron chi connectivity index (χ2n) is 3.22. The van der Waals surface area contributed by atoms with Crippen LogP contribution in [-0.4, -0.2) is 19.7 Å². The van der Waals surface area contributed by atoms with Gasteiger partial charge in [0.05, 0.1) is 19.3 Å². The van der Waals surface area contributed by atoms with Gasteiger partial charge in [-0.25, -0.2) is 9.18 Å². The molecule has 0 unspecified atom stereocenters. The van der Waals surface area contributed by atoms with Crippen molar-refractivity contribution in [3.8, 4) is 5.75 Å². The average molecular weight is 266 g/mol. The van der Waals surface area contributed by atoms with Gasteiger partial charge in [-0.3, -0.25) is 0 Å². The number of alkyl halides is 3. The van der Waals surface area contributed by atoms with Crippen molar-refractivity contribution in [3.63, 3.8) is 0 Å². The minimum atomic E-state index is -4.85. The first-order valence-electron chi connectivity index (χ1n) is 4.93. The predicted molar refractivity (Wildman–Crippen MR) is 53.9 cm³/mol. The molecule has 0 bridgehead atoms. The number of halogens is 4. The highest BCUT2D eigenvalue weighted by Gasteiger charge is 2.38. The molecule has 0 N–H and O–H groups in total. The monoisotopic (exact) mass is 266 g/mol. The number of carbonyl (C=O) groups excluding carboxylic acids is 1. The number of hydrogen-bond acceptors (Lipinski definition) is 3. The van der Waals surface area contributed by atoms with Crippen LogP contribution in [-0.2, 0) is 10.9 Å². The van der Waals surface area contributed by atoms with Crippen molar-refractivity contribution in [2.75, 3.05) is 13.7 Å². The lowest BCUT2D eigenvalue weighted by molar-refractivity contribution is -0.138. The molecule has 0 aliphatic rings. The highest BCUT2D eigenvalue weighted by Crippen LogP contribution is 2.36. The van der Waals surface area contributed by atoms with Crippen LogP contribution in [0.1, 0.15) is 22.8 Å². The Labute approximate surface area is 100 Å². The Hall–Kier alpha value is -1.79. The van der Waals surface area contributed by atoms with Gasteiger partial charge in [0.15, 0.2) is 11.6 Å². The fourth-order valence-electron chi connectivity index (χ4n) is 1.35. The molecule has 0 aliphatic carbocycles. The molecule has 1 aromatic rings. The molecule has 0 saturated heterocycles. The molecule has 0 saturated carbocycles. The molecular formula is C11H10F4O3. The molecular weight excluding hydrogens is 256 g/mol. The fourth-order valence-corrected chi connectivity index (χ4v) is 1.35. The Kier molecular flexibility index (Phi) is 4.15. The summed E-state index contributed by atoms with van der Waals surface area (Å²) >= 11 is 0. The van der Waals surface area contributed by atoms with Crippen LogP contribution >= 0.6 is 0 Å². The van der Waals surface area contributed by atoms with E-state index in [1.165, 1.54) is 6.92 Å². The Morgan fingerprint density at radius 1 is 1.33 bits per heavy atom. The quantitative estimate of drug-likeness (QED) is 0.623. The summed E-state index contributed by atoms with van der Waals surface area (Å²) in [6.45, 7) is 1.25. The summed E-state index contributed by atoms with van der Waals surface area (Å²) in [5, 5.41) is 0. The van der Waals surface area contributed by atoms with Gasteiger partial charge in [-0.1, -0.05) is 0 Å². The number of esters is 1. The molecule has 0 aromatic heterocycles. The third kappa shape index (κ3) is 2.72. The zero-order valence-corrected chi connectivity index (χ0v) is 9.60. The second-order valence-corrected chi connectivity index (χ2v) is 3.22. The van der Waals surface area contributed by atoms with Crippen LogP contribution in [0.15, 0.2) is 12.1 Å². The van der Waals surface area contributed by atoms with E-state index in [9.17, 15) is 22.4 Å². The van der Waals surface area contributed by atoms with Gasteiger partial charge in [-0.15, -0.1) is 0 Å². The molecule has 3 nitrogen and oxygen atoms in total. The summed E-state index contributed by atoms with van der Waals surface area (Å²) in [4.78, 5) is 11.4. The summed E-state index contributed by atoms with van der Waals surface area (Å²) < 4.78 is 60.6. The molecule has 0 aliphatic heterocycles. The predicted octanol–water partition coefficient (Wildman–Crippen LogP) is 3.03. The first kappa shape index (κ1) is 14.3. The number of hydrogen-bond donors (Lipinski definition) is 0. The van der Waals surface area contributed by atoms with Crippen LogP contribution in [0.4, 0.5) is 17.6 Å². The van der Waals surface area contributed by atoms with Crippen molar-refractivity contribution >= 4 is 5.97 Å². The summed E-state index contributed by atoms with van der Waals surface area (Å²) in [6.07, 6.45) is -4.85. The standard InChI is InChI=1S/C11H10F4O3/c1-3-18-10(16)8-6(11(13,14)15)4-5-7(17-2)9(8)12/h4-5H,3H2,1-2H3. The molecule has 0 heterocycles. The average Bonchev–Trinajstić information content (AvgIpc) is 2.27. The molecule has 0 amide bonds. The van der Waals surface area contributed by atoms with Gasteiger partial charge >= 0.3 is 12.1 Å². The summed E-state index contributed by atoms with van der Waals surface area (Å²) in [6, 6.07) is 1.38. The van der Waals surface area contributed by atoms with E-state index in [1.807, 2.05) is 0 Å². The zero-order valence-electron chi connectivity index (χ0n) is 9.60. The van der Waals surface area contributed by atoms with Gasteiger partial charge < -0.3 is 9.47 Å². The maximum Gasteiger partial charge on any atom is 0.417 e. The van der Waals surface area contributed by atoms with Gasteiger partial charge in [0, 0.05) is 0 Å². The minimum Gasteiger partial charge on any atom is -0.494 e. The number of methoxy groups -OCH3 is 1. The van der Waals surface area contributed by atoms with E-state index in [4.69, 9.17) is 0 Å². The van der Waals surface area contributed by atoms with E-state index in [1.54, 1.807) is 0 Å². The molecule has 100 valence electrons. The van der Waals surface area contributed by atoms with Crippen molar-refractivity contribution in [1.29, 1.82) is 0 Å². The lowest BCUT2D eigenvalue weighted by Crippen LogP contribution is -2.17. The molecule has 1 rings (SSSR count). The van der Waals surface area contributed by atoms with Crippen molar-refractivity contribution < 1.29 is 31.8 Å². The number of carbonyl (C=O) groups is 1. The second kappa shape index (κ2) is 5.24. The molecule has 7 heteroatoms. The number of rotatable bonds is 3. The van der Waals surface area contributed by atoms with Crippen LogP contribution in [0, 0.1) is 5.82 Å². The molecule has 18 heavy (non-hydrogen) atoms. The smallest absolute Gasteiger partial charge is 0.417 e. The van der Waals surface area contributed by atoms with Crippen LogP contribution < -0.4 is 4.74 Å². The van der Waals surface area contributed by atoms with Crippen molar-refractivity contribution in [1.82, 2.24) is 0 Å². The molecule has 0 radical (unpaired) electrons. The molecule has 0 spiro atoms. The highest BCUT2D eigenvalue weighted by molar-refractivity contribution is 5.92. The van der Waals surface area contributed by atoms with E-state index >= 15 is 0 Å². The topological polar surface area (TPSA) is 35.5 Å². The molecule has 0 atom stereocenters. The van der Waals surface area contributed by atoms with Crippen LogP contribution in [0.3, 0.4) is 0 Å². The van der Waals surface area contributed by atoms with Crippen LogP contribution in [0.25, 0.3) is 0 Å². The largest absolute Gasteiger partial charge is 0.494 e. The van der Waals surface area contributed by atoms with Gasteiger partial charge in [0.25, 0.3) is 0 Å². The minimum absolute atomic E-state index is 0.160. The van der Waals surface area contributed by atoms with Crippen LogP contribution in [0.5, 0.6) is 5.75 Å². The zero-order chi connectivity index (χ0) is 13.9. The van der Waals surface area contributed by atoms with Crippen molar-refractivity contribution in [3.05, 3.63) is 29.1 Å². The van der Waals surface area contributed by atoms with Gasteiger partial charge in [-0.2, -0.15) is 13.2 Å². The summed E-state index contributed by atoms with van der Waals surface area (Å²) in [7, 11) is 1.08. The van der Waals surface area contributed by atoms with E-state index in [0.29, 0.717) is 6.07 Å². The Balaban J connectivity index is 3.45. The van der Waals surface area contributed by atoms with E-state index in [0.717, 1.165) is 13.2 Å². The third-order valence-corrected chi connectivity index (χ3v) is 2.11. The summed E-state index contributed by atoms with van der Waals surface area (Å²) in [5.41, 5.74) is -2.55. The first-order valence-corrected chi connectivity index (χ1v) is 4.93. The lowest BCUT2D eigenvalue weighted by atomic mass is 10.1.